The van der Waals surface area contributed by atoms with E-state index >= 15 is 0 Å². The molecule has 1 nitrogen and oxygen atoms in total. The second-order valence-corrected chi connectivity index (χ2v) is 5.59. The summed E-state index contributed by atoms with van der Waals surface area (Å²) in [6, 6.07) is 1.56. The molecule has 6 heteroatoms. The minimum Gasteiger partial charge on any atom is -0.316 e. The zero-order valence-electron chi connectivity index (χ0n) is 6.28. The topological polar surface area (TPSA) is 26.0 Å². The summed E-state index contributed by atoms with van der Waals surface area (Å²) in [6.07, 6.45) is -0.288. The maximum atomic E-state index is 12.8. The minimum absolute atomic E-state index is 0.288. The fourth-order valence-corrected chi connectivity index (χ4v) is 3.00. The standard InChI is InChI=1S/C7H5BrClF2NS/c8-3-1-4(13-5(3)9)6(12)2-7(6,10)11/h1H,2,12H2. The first kappa shape index (κ1) is 9.83. The van der Waals surface area contributed by atoms with Gasteiger partial charge in [0.05, 0.1) is 0 Å². The van der Waals surface area contributed by atoms with Crippen LogP contribution in [0.1, 0.15) is 11.3 Å². The summed E-state index contributed by atoms with van der Waals surface area (Å²) < 4.78 is 26.7. The zero-order valence-corrected chi connectivity index (χ0v) is 9.44. The maximum absolute atomic E-state index is 12.8. The molecule has 1 saturated carbocycles. The molecule has 2 N–H and O–H groups in total. The molecule has 1 aromatic heterocycles. The van der Waals surface area contributed by atoms with Crippen molar-refractivity contribution in [2.45, 2.75) is 17.9 Å². The number of thiophene rings is 1. The highest BCUT2D eigenvalue weighted by molar-refractivity contribution is 9.10. The Balaban J connectivity index is 2.38. The van der Waals surface area contributed by atoms with Gasteiger partial charge < -0.3 is 5.73 Å². The van der Waals surface area contributed by atoms with Crippen LogP contribution in [0.3, 0.4) is 0 Å². The van der Waals surface area contributed by atoms with Crippen molar-refractivity contribution in [1.82, 2.24) is 0 Å². The van der Waals surface area contributed by atoms with Gasteiger partial charge >= 0.3 is 0 Å². The summed E-state index contributed by atoms with van der Waals surface area (Å²) in [5.74, 6) is -2.78. The van der Waals surface area contributed by atoms with Crippen LogP contribution in [0.5, 0.6) is 0 Å². The molecular formula is C7H5BrClF2NS. The predicted octanol–water partition coefficient (Wildman–Crippen LogP) is 3.36. The Morgan fingerprint density at radius 1 is 1.62 bits per heavy atom. The predicted molar refractivity (Wildman–Crippen MR) is 52.5 cm³/mol. The van der Waals surface area contributed by atoms with E-state index in [9.17, 15) is 8.78 Å². The molecule has 1 atom stereocenters. The van der Waals surface area contributed by atoms with E-state index in [1.165, 1.54) is 0 Å². The van der Waals surface area contributed by atoms with E-state index in [4.69, 9.17) is 17.3 Å². The third-order valence-corrected chi connectivity index (χ3v) is 4.77. The molecule has 13 heavy (non-hydrogen) atoms. The van der Waals surface area contributed by atoms with Crippen molar-refractivity contribution in [3.8, 4) is 0 Å². The Hall–Kier alpha value is 0.290. The second kappa shape index (κ2) is 2.66. The molecule has 1 heterocycles. The Kier molecular flexibility index (Phi) is 2.01. The molecule has 2 rings (SSSR count). The molecule has 1 aromatic rings. The summed E-state index contributed by atoms with van der Waals surface area (Å²) in [5, 5.41) is 0. The molecule has 1 aliphatic carbocycles. The summed E-state index contributed by atoms with van der Waals surface area (Å²) in [7, 11) is 0. The first-order chi connectivity index (χ1) is 5.87. The molecule has 72 valence electrons. The zero-order chi connectivity index (χ0) is 9.85. The van der Waals surface area contributed by atoms with Crippen LogP contribution in [0, 0.1) is 0 Å². The maximum Gasteiger partial charge on any atom is 0.273 e. The molecule has 0 bridgehead atoms. The first-order valence-corrected chi connectivity index (χ1v) is 5.47. The van der Waals surface area contributed by atoms with Crippen LogP contribution in [-0.2, 0) is 5.54 Å². The van der Waals surface area contributed by atoms with E-state index in [-0.39, 0.29) is 6.42 Å². The number of nitrogens with two attached hydrogens (primary N) is 1. The Morgan fingerprint density at radius 3 is 2.46 bits per heavy atom. The minimum atomic E-state index is -2.78. The van der Waals surface area contributed by atoms with E-state index in [0.717, 1.165) is 11.3 Å². The van der Waals surface area contributed by atoms with E-state index in [0.29, 0.717) is 13.7 Å². The van der Waals surface area contributed by atoms with Crippen molar-refractivity contribution in [3.63, 3.8) is 0 Å². The fourth-order valence-electron chi connectivity index (χ4n) is 1.14. The van der Waals surface area contributed by atoms with E-state index in [1.54, 1.807) is 6.07 Å². The van der Waals surface area contributed by atoms with Crippen molar-refractivity contribution in [2.24, 2.45) is 5.73 Å². The lowest BCUT2D eigenvalue weighted by Gasteiger charge is -2.05. The highest BCUT2D eigenvalue weighted by atomic mass is 79.9. The highest BCUT2D eigenvalue weighted by Gasteiger charge is 2.70. The lowest BCUT2D eigenvalue weighted by Crippen LogP contribution is -2.25. The van der Waals surface area contributed by atoms with Crippen LogP contribution in [0.4, 0.5) is 8.78 Å². The monoisotopic (exact) mass is 287 g/mol. The largest absolute Gasteiger partial charge is 0.316 e. The van der Waals surface area contributed by atoms with Crippen LogP contribution in [0.25, 0.3) is 0 Å². The molecule has 0 amide bonds. The third-order valence-electron chi connectivity index (χ3n) is 2.11. The molecule has 1 unspecified atom stereocenters. The number of hydrogen-bond donors (Lipinski definition) is 1. The van der Waals surface area contributed by atoms with E-state index in [1.807, 2.05) is 0 Å². The number of halogens is 4. The van der Waals surface area contributed by atoms with Gasteiger partial charge in [0.15, 0.2) is 0 Å². The van der Waals surface area contributed by atoms with Gasteiger partial charge in [0, 0.05) is 15.8 Å². The van der Waals surface area contributed by atoms with Crippen molar-refractivity contribution in [3.05, 3.63) is 19.8 Å². The van der Waals surface area contributed by atoms with Gasteiger partial charge in [-0.25, -0.2) is 8.78 Å². The van der Waals surface area contributed by atoms with Gasteiger partial charge in [-0.15, -0.1) is 11.3 Å². The first-order valence-electron chi connectivity index (χ1n) is 3.49. The smallest absolute Gasteiger partial charge is 0.273 e. The SMILES string of the molecule is NC1(c2cc(Br)c(Cl)s2)CC1(F)F. The van der Waals surface area contributed by atoms with Crippen LogP contribution < -0.4 is 5.73 Å². The quantitative estimate of drug-likeness (QED) is 0.842. The van der Waals surface area contributed by atoms with E-state index < -0.39 is 11.5 Å². The van der Waals surface area contributed by atoms with Crippen LogP contribution in [0.15, 0.2) is 10.5 Å². The highest BCUT2D eigenvalue weighted by Crippen LogP contribution is 2.59. The molecule has 0 saturated heterocycles. The lowest BCUT2D eigenvalue weighted by molar-refractivity contribution is 0.0899. The molecular weight excluding hydrogens is 284 g/mol. The summed E-state index contributed by atoms with van der Waals surface area (Å²) in [6.45, 7) is 0. The molecule has 0 radical (unpaired) electrons. The number of alkyl halides is 2. The van der Waals surface area contributed by atoms with Gasteiger partial charge in [0.25, 0.3) is 5.92 Å². The van der Waals surface area contributed by atoms with Gasteiger partial charge in [-0.3, -0.25) is 0 Å². The van der Waals surface area contributed by atoms with E-state index in [2.05, 4.69) is 15.9 Å². The number of hydrogen-bond acceptors (Lipinski definition) is 2. The normalized spacial score (nSPS) is 30.5. The van der Waals surface area contributed by atoms with Crippen molar-refractivity contribution >= 4 is 38.9 Å². The molecule has 0 spiro atoms. The Bertz CT molecular complexity index is 348. The van der Waals surface area contributed by atoms with Crippen molar-refractivity contribution in [1.29, 1.82) is 0 Å². The fraction of sp³-hybridized carbons (Fsp3) is 0.429. The molecule has 1 aliphatic rings. The Labute approximate surface area is 91.0 Å². The van der Waals surface area contributed by atoms with Crippen LogP contribution in [-0.4, -0.2) is 5.92 Å². The average molecular weight is 289 g/mol. The summed E-state index contributed by atoms with van der Waals surface area (Å²) in [5.41, 5.74) is 4.03. The van der Waals surface area contributed by atoms with Gasteiger partial charge in [0.2, 0.25) is 0 Å². The summed E-state index contributed by atoms with van der Waals surface area (Å²) >= 11 is 9.98. The molecule has 0 aromatic carbocycles. The molecule has 1 fully saturated rings. The second-order valence-electron chi connectivity index (χ2n) is 3.08. The van der Waals surface area contributed by atoms with Gasteiger partial charge in [0.1, 0.15) is 9.88 Å². The third kappa shape index (κ3) is 1.33. The van der Waals surface area contributed by atoms with Crippen LogP contribution >= 0.6 is 38.9 Å². The summed E-state index contributed by atoms with van der Waals surface area (Å²) in [4.78, 5) is 0.439. The van der Waals surface area contributed by atoms with Gasteiger partial charge in [-0.1, -0.05) is 11.6 Å². The van der Waals surface area contributed by atoms with Crippen molar-refractivity contribution < 1.29 is 8.78 Å². The van der Waals surface area contributed by atoms with Crippen LogP contribution in [0.2, 0.25) is 4.34 Å². The van der Waals surface area contributed by atoms with Gasteiger partial charge in [-0.2, -0.15) is 0 Å². The number of rotatable bonds is 1. The Morgan fingerprint density at radius 2 is 2.15 bits per heavy atom. The lowest BCUT2D eigenvalue weighted by atomic mass is 10.2. The van der Waals surface area contributed by atoms with Gasteiger partial charge in [-0.05, 0) is 22.0 Å². The molecule has 0 aliphatic heterocycles. The average Bonchev–Trinajstić information content (AvgIpc) is 2.34. The van der Waals surface area contributed by atoms with Crippen molar-refractivity contribution in [2.75, 3.05) is 0 Å².